The SMILES string of the molecule is Cc1ccc(S(=O)(=O)N2CC(O)C[C@H]2C(=O)OC(C)C(=O)Nc2c(F)cccc2F)cc1C. The fourth-order valence-electron chi connectivity index (χ4n) is 3.42. The number of nitrogens with zero attached hydrogens (tertiary/aromatic N) is 1. The number of aliphatic hydroxyl groups is 1. The summed E-state index contributed by atoms with van der Waals surface area (Å²) in [5, 5.41) is 12.1. The minimum Gasteiger partial charge on any atom is -0.451 e. The number of carbonyl (C=O) groups excluding carboxylic acids is 2. The minimum atomic E-state index is -4.15. The summed E-state index contributed by atoms with van der Waals surface area (Å²) in [4.78, 5) is 25.0. The number of benzene rings is 2. The summed E-state index contributed by atoms with van der Waals surface area (Å²) >= 11 is 0. The zero-order chi connectivity index (χ0) is 24.5. The van der Waals surface area contributed by atoms with Gasteiger partial charge in [-0.3, -0.25) is 9.59 Å². The highest BCUT2D eigenvalue weighted by Gasteiger charge is 2.45. The number of rotatable bonds is 6. The molecule has 2 N–H and O–H groups in total. The maximum absolute atomic E-state index is 13.8. The molecule has 0 aliphatic carbocycles. The van der Waals surface area contributed by atoms with E-state index in [-0.39, 0.29) is 17.9 Å². The smallest absolute Gasteiger partial charge is 0.325 e. The molecule has 3 atom stereocenters. The van der Waals surface area contributed by atoms with Gasteiger partial charge in [-0.15, -0.1) is 0 Å². The van der Waals surface area contributed by atoms with E-state index in [0.717, 1.165) is 33.6 Å². The second-order valence-electron chi connectivity index (χ2n) is 7.89. The lowest BCUT2D eigenvalue weighted by Gasteiger charge is -2.24. The Labute approximate surface area is 190 Å². The summed E-state index contributed by atoms with van der Waals surface area (Å²) in [6.07, 6.45) is -2.82. The van der Waals surface area contributed by atoms with Crippen LogP contribution in [-0.4, -0.2) is 54.5 Å². The van der Waals surface area contributed by atoms with Crippen LogP contribution in [0.15, 0.2) is 41.3 Å². The van der Waals surface area contributed by atoms with Gasteiger partial charge in [0.05, 0.1) is 11.0 Å². The standard InChI is InChI=1S/C22H24F2N2O6S/c1-12-7-8-16(9-13(12)2)33(30,31)26-11-15(27)10-19(26)22(29)32-14(3)21(28)25-20-17(23)5-4-6-18(20)24/h4-9,14-15,19,27H,10-11H2,1-3H3,(H,25,28)/t14?,15?,19-/m0/s1. The highest BCUT2D eigenvalue weighted by Crippen LogP contribution is 2.28. The van der Waals surface area contributed by atoms with Gasteiger partial charge in [-0.25, -0.2) is 17.2 Å². The van der Waals surface area contributed by atoms with Crippen molar-refractivity contribution in [3.8, 4) is 0 Å². The molecule has 2 unspecified atom stereocenters. The Morgan fingerprint density at radius 1 is 1.15 bits per heavy atom. The molecule has 33 heavy (non-hydrogen) atoms. The number of anilines is 1. The molecule has 1 aliphatic heterocycles. The molecular formula is C22H24F2N2O6S. The first kappa shape index (κ1) is 24.7. The van der Waals surface area contributed by atoms with Gasteiger partial charge in [0, 0.05) is 13.0 Å². The first-order valence-electron chi connectivity index (χ1n) is 10.1. The number of hydrogen-bond acceptors (Lipinski definition) is 6. The number of hydrogen-bond donors (Lipinski definition) is 2. The third-order valence-corrected chi connectivity index (χ3v) is 7.33. The number of sulfonamides is 1. The highest BCUT2D eigenvalue weighted by atomic mass is 32.2. The van der Waals surface area contributed by atoms with Crippen LogP contribution in [0.3, 0.4) is 0 Å². The number of nitrogens with one attached hydrogen (secondary N) is 1. The van der Waals surface area contributed by atoms with Crippen molar-refractivity contribution in [2.75, 3.05) is 11.9 Å². The van der Waals surface area contributed by atoms with E-state index in [9.17, 15) is 31.9 Å². The maximum atomic E-state index is 13.8. The molecular weight excluding hydrogens is 458 g/mol. The Bertz CT molecular complexity index is 1170. The van der Waals surface area contributed by atoms with E-state index in [1.54, 1.807) is 13.0 Å². The van der Waals surface area contributed by atoms with Gasteiger partial charge in [-0.05, 0) is 56.2 Å². The number of halogens is 2. The van der Waals surface area contributed by atoms with Gasteiger partial charge in [0.2, 0.25) is 10.0 Å². The summed E-state index contributed by atoms with van der Waals surface area (Å²) in [6, 6.07) is 6.17. The second-order valence-corrected chi connectivity index (χ2v) is 9.78. The Balaban J connectivity index is 1.76. The van der Waals surface area contributed by atoms with Gasteiger partial charge in [0.15, 0.2) is 6.10 Å². The van der Waals surface area contributed by atoms with Gasteiger partial charge >= 0.3 is 5.97 Å². The summed E-state index contributed by atoms with van der Waals surface area (Å²) in [5.74, 6) is -4.08. The van der Waals surface area contributed by atoms with Gasteiger partial charge < -0.3 is 15.2 Å². The third-order valence-electron chi connectivity index (χ3n) is 5.46. The number of aryl methyl sites for hydroxylation is 2. The van der Waals surface area contributed by atoms with Crippen LogP contribution in [0.2, 0.25) is 0 Å². The molecule has 1 amide bonds. The number of para-hydroxylation sites is 1. The Hall–Kier alpha value is -2.89. The number of ether oxygens (including phenoxy) is 1. The molecule has 0 saturated carbocycles. The molecule has 0 aromatic heterocycles. The molecule has 0 radical (unpaired) electrons. The predicted molar refractivity (Wildman–Crippen MR) is 115 cm³/mol. The molecule has 3 rings (SSSR count). The average Bonchev–Trinajstić information content (AvgIpc) is 3.15. The van der Waals surface area contributed by atoms with Gasteiger partial charge in [0.1, 0.15) is 23.4 Å². The molecule has 178 valence electrons. The van der Waals surface area contributed by atoms with Gasteiger partial charge in [-0.2, -0.15) is 4.31 Å². The Kier molecular flexibility index (Phi) is 7.15. The molecule has 0 bridgehead atoms. The minimum absolute atomic E-state index is 0.0432. The largest absolute Gasteiger partial charge is 0.451 e. The normalized spacial score (nSPS) is 19.8. The average molecular weight is 483 g/mol. The van der Waals surface area contributed by atoms with E-state index < -0.39 is 57.5 Å². The summed E-state index contributed by atoms with van der Waals surface area (Å²) in [5.41, 5.74) is 0.929. The molecule has 1 saturated heterocycles. The van der Waals surface area contributed by atoms with Crippen molar-refractivity contribution < 1.29 is 36.6 Å². The lowest BCUT2D eigenvalue weighted by Crippen LogP contribution is -2.43. The highest BCUT2D eigenvalue weighted by molar-refractivity contribution is 7.89. The lowest BCUT2D eigenvalue weighted by molar-refractivity contribution is -0.156. The molecule has 1 heterocycles. The number of carbonyl (C=O) groups is 2. The van der Waals surface area contributed by atoms with Crippen molar-refractivity contribution in [1.29, 1.82) is 0 Å². The van der Waals surface area contributed by atoms with Gasteiger partial charge in [-0.1, -0.05) is 12.1 Å². The number of β-amino-alcohol motifs (C(OH)–C–C–N with tert-alkyl or cyclic N) is 1. The van der Waals surface area contributed by atoms with Crippen LogP contribution in [0.5, 0.6) is 0 Å². The van der Waals surface area contributed by atoms with Crippen molar-refractivity contribution >= 4 is 27.6 Å². The van der Waals surface area contributed by atoms with E-state index in [0.29, 0.717) is 0 Å². The molecule has 8 nitrogen and oxygen atoms in total. The van der Waals surface area contributed by atoms with Crippen LogP contribution < -0.4 is 5.32 Å². The Morgan fingerprint density at radius 2 is 1.79 bits per heavy atom. The maximum Gasteiger partial charge on any atom is 0.325 e. The van der Waals surface area contributed by atoms with Crippen molar-refractivity contribution in [1.82, 2.24) is 4.31 Å². The fourth-order valence-corrected chi connectivity index (χ4v) is 5.13. The zero-order valence-electron chi connectivity index (χ0n) is 18.2. The number of aliphatic hydroxyl groups excluding tert-OH is 1. The number of amides is 1. The summed E-state index contributed by atoms with van der Waals surface area (Å²) < 4.78 is 59.7. The Morgan fingerprint density at radius 3 is 2.39 bits per heavy atom. The summed E-state index contributed by atoms with van der Waals surface area (Å²) in [7, 11) is -4.15. The number of esters is 1. The molecule has 2 aromatic carbocycles. The molecule has 1 fully saturated rings. The zero-order valence-corrected chi connectivity index (χ0v) is 19.0. The first-order valence-corrected chi connectivity index (χ1v) is 11.6. The third kappa shape index (κ3) is 5.21. The quantitative estimate of drug-likeness (QED) is 0.611. The molecule has 2 aromatic rings. The first-order chi connectivity index (χ1) is 15.4. The van der Waals surface area contributed by atoms with Crippen molar-refractivity contribution in [3.63, 3.8) is 0 Å². The van der Waals surface area contributed by atoms with E-state index in [4.69, 9.17) is 4.74 Å². The van der Waals surface area contributed by atoms with Crippen molar-refractivity contribution in [2.24, 2.45) is 0 Å². The van der Waals surface area contributed by atoms with E-state index in [2.05, 4.69) is 0 Å². The monoisotopic (exact) mass is 482 g/mol. The van der Waals surface area contributed by atoms with Crippen LogP contribution in [0.4, 0.5) is 14.5 Å². The second kappa shape index (κ2) is 9.54. The predicted octanol–water partition coefficient (Wildman–Crippen LogP) is 2.28. The van der Waals surface area contributed by atoms with Crippen molar-refractivity contribution in [3.05, 3.63) is 59.2 Å². The van der Waals surface area contributed by atoms with Gasteiger partial charge in [0.25, 0.3) is 5.91 Å². The molecule has 1 aliphatic rings. The van der Waals surface area contributed by atoms with Crippen molar-refractivity contribution in [2.45, 2.75) is 50.3 Å². The summed E-state index contributed by atoms with van der Waals surface area (Å²) in [6.45, 7) is 4.43. The topological polar surface area (TPSA) is 113 Å². The van der Waals surface area contributed by atoms with E-state index in [1.807, 2.05) is 12.2 Å². The molecule has 11 heteroatoms. The fraction of sp³-hybridized carbons (Fsp3) is 0.364. The van der Waals surface area contributed by atoms with E-state index >= 15 is 0 Å². The van der Waals surface area contributed by atoms with Crippen LogP contribution in [0.25, 0.3) is 0 Å². The van der Waals surface area contributed by atoms with Crippen LogP contribution in [0, 0.1) is 25.5 Å². The van der Waals surface area contributed by atoms with E-state index in [1.165, 1.54) is 19.1 Å². The van der Waals surface area contributed by atoms with Crippen LogP contribution >= 0.6 is 0 Å². The van der Waals surface area contributed by atoms with Crippen LogP contribution in [0.1, 0.15) is 24.5 Å². The molecule has 0 spiro atoms. The lowest BCUT2D eigenvalue weighted by atomic mass is 10.1. The van der Waals surface area contributed by atoms with Crippen LogP contribution in [-0.2, 0) is 24.3 Å².